The van der Waals surface area contributed by atoms with E-state index in [1.807, 2.05) is 0 Å². The van der Waals surface area contributed by atoms with Crippen LogP contribution in [0.25, 0.3) is 0 Å². The van der Waals surface area contributed by atoms with E-state index in [-0.39, 0.29) is 17.8 Å². The average Bonchev–Trinajstić information content (AvgIpc) is 2.11. The fourth-order valence-electron chi connectivity index (χ4n) is 4.62. The van der Waals surface area contributed by atoms with Gasteiger partial charge >= 0.3 is 5.97 Å². The quantitative estimate of drug-likeness (QED) is 0.597. The molecule has 0 aliphatic heterocycles. The van der Waals surface area contributed by atoms with Gasteiger partial charge in [0.05, 0.1) is 5.92 Å². The van der Waals surface area contributed by atoms with Gasteiger partial charge in [0.2, 0.25) is 0 Å². The lowest BCUT2D eigenvalue weighted by Crippen LogP contribution is -2.58. The molecule has 6 nitrogen and oxygen atoms in total. The van der Waals surface area contributed by atoms with Crippen molar-refractivity contribution in [2.45, 2.75) is 37.7 Å². The van der Waals surface area contributed by atoms with Gasteiger partial charge in [0.25, 0.3) is 5.09 Å². The first-order valence-corrected chi connectivity index (χ1v) is 6.05. The molecule has 94 valence electrons. The van der Waals surface area contributed by atoms with Gasteiger partial charge in [0.15, 0.2) is 0 Å². The van der Waals surface area contributed by atoms with Crippen LogP contribution < -0.4 is 0 Å². The Balaban J connectivity index is 1.86. The van der Waals surface area contributed by atoms with Crippen LogP contribution >= 0.6 is 0 Å². The molecule has 0 spiro atoms. The van der Waals surface area contributed by atoms with Crippen LogP contribution in [0.4, 0.5) is 0 Å². The summed E-state index contributed by atoms with van der Waals surface area (Å²) in [5.74, 6) is -0.495. The molecule has 0 amide bonds. The predicted molar refractivity (Wildman–Crippen MR) is 55.5 cm³/mol. The maximum absolute atomic E-state index is 11.2. The monoisotopic (exact) mass is 241 g/mol. The summed E-state index contributed by atoms with van der Waals surface area (Å²) in [4.78, 5) is 26.7. The van der Waals surface area contributed by atoms with E-state index in [0.717, 1.165) is 19.3 Å². The standard InChI is InChI=1S/C11H15NO5/c13-10(14)9-7-1-6-2-8(9)5-11(3-6,4-7)17-12(15)16/h6-9H,1-5H2,(H,13,14)/t6?,7-,8+,9?,11?. The van der Waals surface area contributed by atoms with Crippen molar-refractivity contribution >= 4 is 5.97 Å². The summed E-state index contributed by atoms with van der Waals surface area (Å²) in [5, 5.41) is 19.1. The lowest BCUT2D eigenvalue weighted by Gasteiger charge is -2.57. The summed E-state index contributed by atoms with van der Waals surface area (Å²) in [6.45, 7) is 0. The third-order valence-corrected chi connectivity index (χ3v) is 4.77. The zero-order valence-corrected chi connectivity index (χ0v) is 9.37. The van der Waals surface area contributed by atoms with Gasteiger partial charge in [-0.2, -0.15) is 0 Å². The zero-order valence-electron chi connectivity index (χ0n) is 9.37. The molecule has 0 aromatic heterocycles. The first-order chi connectivity index (χ1) is 7.99. The SMILES string of the molecule is O=C(O)C1[C@@H]2CC3C[C@H]1CC(O[N+](=O)[O-])(C3)C2. The van der Waals surface area contributed by atoms with Gasteiger partial charge in [-0.1, -0.05) is 0 Å². The molecule has 3 unspecified atom stereocenters. The Bertz CT molecular complexity index is 366. The molecular weight excluding hydrogens is 226 g/mol. The Hall–Kier alpha value is -1.33. The van der Waals surface area contributed by atoms with Crippen LogP contribution in [0.1, 0.15) is 32.1 Å². The highest BCUT2D eigenvalue weighted by Gasteiger charge is 2.59. The van der Waals surface area contributed by atoms with E-state index >= 15 is 0 Å². The second-order valence-electron chi connectivity index (χ2n) is 5.83. The summed E-state index contributed by atoms with van der Waals surface area (Å²) >= 11 is 0. The van der Waals surface area contributed by atoms with E-state index in [0.29, 0.717) is 18.8 Å². The zero-order chi connectivity index (χ0) is 12.2. The fraction of sp³-hybridized carbons (Fsp3) is 0.909. The minimum Gasteiger partial charge on any atom is -0.481 e. The topological polar surface area (TPSA) is 89.7 Å². The molecule has 0 saturated heterocycles. The van der Waals surface area contributed by atoms with E-state index in [1.165, 1.54) is 0 Å². The third kappa shape index (κ3) is 1.57. The molecule has 6 heteroatoms. The molecule has 1 N–H and O–H groups in total. The van der Waals surface area contributed by atoms with Crippen molar-refractivity contribution in [1.82, 2.24) is 0 Å². The lowest BCUT2D eigenvalue weighted by atomic mass is 9.50. The Morgan fingerprint density at radius 2 is 1.88 bits per heavy atom. The maximum atomic E-state index is 11.2. The molecule has 0 aromatic rings. The summed E-state index contributed by atoms with van der Waals surface area (Å²) < 4.78 is 0. The van der Waals surface area contributed by atoms with Crippen molar-refractivity contribution in [2.24, 2.45) is 23.7 Å². The number of carbonyl (C=O) groups is 1. The smallest absolute Gasteiger partial charge is 0.307 e. The van der Waals surface area contributed by atoms with E-state index in [1.54, 1.807) is 0 Å². The number of carboxylic acids is 1. The van der Waals surface area contributed by atoms with E-state index in [9.17, 15) is 20.0 Å². The molecule has 4 aliphatic rings. The number of aliphatic carboxylic acids is 1. The highest BCUT2D eigenvalue weighted by molar-refractivity contribution is 5.71. The van der Waals surface area contributed by atoms with Crippen molar-refractivity contribution in [3.63, 3.8) is 0 Å². The minimum absolute atomic E-state index is 0.0682. The van der Waals surface area contributed by atoms with E-state index in [4.69, 9.17) is 4.84 Å². The van der Waals surface area contributed by atoms with Crippen molar-refractivity contribution in [3.05, 3.63) is 10.1 Å². The first-order valence-electron chi connectivity index (χ1n) is 6.05. The molecule has 17 heavy (non-hydrogen) atoms. The van der Waals surface area contributed by atoms with Crippen LogP contribution in [0.5, 0.6) is 0 Å². The van der Waals surface area contributed by atoms with Crippen molar-refractivity contribution in [1.29, 1.82) is 0 Å². The summed E-state index contributed by atoms with van der Waals surface area (Å²) in [6.07, 6.45) is 3.61. The molecule has 4 fully saturated rings. The lowest BCUT2D eigenvalue weighted by molar-refractivity contribution is -0.785. The molecule has 5 atom stereocenters. The number of rotatable bonds is 3. The van der Waals surface area contributed by atoms with E-state index < -0.39 is 16.7 Å². The molecule has 4 rings (SSSR count). The Morgan fingerprint density at radius 1 is 1.29 bits per heavy atom. The van der Waals surface area contributed by atoms with Gasteiger partial charge in [-0.15, -0.1) is 10.1 Å². The predicted octanol–water partition coefficient (Wildman–Crippen LogP) is 1.47. The van der Waals surface area contributed by atoms with Crippen LogP contribution in [0, 0.1) is 33.8 Å². The average molecular weight is 241 g/mol. The highest BCUT2D eigenvalue weighted by Crippen LogP contribution is 2.59. The first kappa shape index (κ1) is 10.8. The van der Waals surface area contributed by atoms with Crippen LogP contribution in [0.3, 0.4) is 0 Å². The van der Waals surface area contributed by atoms with Gasteiger partial charge in [-0.05, 0) is 49.9 Å². The van der Waals surface area contributed by atoms with E-state index in [2.05, 4.69) is 0 Å². The third-order valence-electron chi connectivity index (χ3n) is 4.77. The van der Waals surface area contributed by atoms with Crippen LogP contribution in [0.2, 0.25) is 0 Å². The summed E-state index contributed by atoms with van der Waals surface area (Å²) in [5.41, 5.74) is -0.675. The molecule has 0 heterocycles. The van der Waals surface area contributed by atoms with Gasteiger partial charge in [-0.3, -0.25) is 4.79 Å². The second kappa shape index (κ2) is 3.34. The minimum atomic E-state index is -0.741. The van der Waals surface area contributed by atoms with Crippen LogP contribution in [0.15, 0.2) is 0 Å². The van der Waals surface area contributed by atoms with Gasteiger partial charge in [-0.25, -0.2) is 0 Å². The van der Waals surface area contributed by atoms with Crippen molar-refractivity contribution < 1.29 is 19.8 Å². The molecular formula is C11H15NO5. The van der Waals surface area contributed by atoms with Crippen LogP contribution in [-0.2, 0) is 9.63 Å². The molecule has 4 bridgehead atoms. The van der Waals surface area contributed by atoms with Gasteiger partial charge in [0.1, 0.15) is 5.60 Å². The molecule has 0 aromatic carbocycles. The van der Waals surface area contributed by atoms with Crippen molar-refractivity contribution in [3.8, 4) is 0 Å². The molecule has 4 saturated carbocycles. The normalized spacial score (nSPS) is 46.8. The fourth-order valence-corrected chi connectivity index (χ4v) is 4.62. The second-order valence-corrected chi connectivity index (χ2v) is 5.83. The summed E-state index contributed by atoms with van der Waals surface area (Å²) in [7, 11) is 0. The Morgan fingerprint density at radius 3 is 2.35 bits per heavy atom. The van der Waals surface area contributed by atoms with Gasteiger partial charge in [0, 0.05) is 0 Å². The number of hydrogen-bond donors (Lipinski definition) is 1. The number of nitrogens with zero attached hydrogens (tertiary/aromatic N) is 1. The van der Waals surface area contributed by atoms with Gasteiger partial charge < -0.3 is 9.94 Å². The maximum Gasteiger partial charge on any atom is 0.307 e. The molecule has 4 aliphatic carbocycles. The Kier molecular flexibility index (Phi) is 2.12. The highest BCUT2D eigenvalue weighted by atomic mass is 17.0. The largest absolute Gasteiger partial charge is 0.481 e. The summed E-state index contributed by atoms with van der Waals surface area (Å²) in [6, 6.07) is 0. The number of hydrogen-bond acceptors (Lipinski definition) is 4. The van der Waals surface area contributed by atoms with Crippen molar-refractivity contribution in [2.75, 3.05) is 0 Å². The number of carboxylic acid groups (broad SMARTS) is 1. The Labute approximate surface area is 98.0 Å². The molecule has 0 radical (unpaired) electrons. The van der Waals surface area contributed by atoms with Crippen LogP contribution in [-0.4, -0.2) is 21.8 Å².